The molecule has 0 saturated carbocycles. The van der Waals surface area contributed by atoms with Gasteiger partial charge in [0, 0.05) is 28.2 Å². The zero-order valence-corrected chi connectivity index (χ0v) is 12.2. The van der Waals surface area contributed by atoms with E-state index in [9.17, 15) is 5.11 Å². The first-order valence-corrected chi connectivity index (χ1v) is 6.94. The Bertz CT molecular complexity index is 553. The van der Waals surface area contributed by atoms with Crippen molar-refractivity contribution in [2.24, 2.45) is 0 Å². The molecule has 0 saturated heterocycles. The summed E-state index contributed by atoms with van der Waals surface area (Å²) in [5.74, 6) is 0.292. The van der Waals surface area contributed by atoms with Crippen LogP contribution >= 0.6 is 15.9 Å². The number of aromatic nitrogens is 1. The first kappa shape index (κ1) is 13.3. The van der Waals surface area contributed by atoms with Gasteiger partial charge in [-0.05, 0) is 25.2 Å². The van der Waals surface area contributed by atoms with Crippen molar-refractivity contribution in [2.75, 3.05) is 13.1 Å². The Morgan fingerprint density at radius 3 is 2.72 bits per heavy atom. The van der Waals surface area contributed by atoms with E-state index in [0.29, 0.717) is 11.3 Å². The number of rotatable bonds is 4. The van der Waals surface area contributed by atoms with Gasteiger partial charge >= 0.3 is 0 Å². The molecule has 0 spiro atoms. The van der Waals surface area contributed by atoms with Gasteiger partial charge in [-0.3, -0.25) is 9.88 Å². The SMILES string of the molecule is CCN(CC)Cc1cc(Br)c2cccnc2c1O. The van der Waals surface area contributed by atoms with Crippen molar-refractivity contribution in [1.29, 1.82) is 0 Å². The zero-order chi connectivity index (χ0) is 13.1. The maximum atomic E-state index is 10.3. The fraction of sp³-hybridized carbons (Fsp3) is 0.357. The predicted octanol–water partition coefficient (Wildman–Crippen LogP) is 3.54. The highest BCUT2D eigenvalue weighted by atomic mass is 79.9. The normalized spacial score (nSPS) is 11.3. The molecule has 0 unspecified atom stereocenters. The van der Waals surface area contributed by atoms with Crippen LogP contribution in [0.3, 0.4) is 0 Å². The summed E-state index contributed by atoms with van der Waals surface area (Å²) in [6, 6.07) is 5.81. The monoisotopic (exact) mass is 308 g/mol. The average molecular weight is 309 g/mol. The quantitative estimate of drug-likeness (QED) is 0.938. The topological polar surface area (TPSA) is 36.4 Å². The maximum Gasteiger partial charge on any atom is 0.146 e. The first-order chi connectivity index (χ1) is 8.67. The van der Waals surface area contributed by atoms with E-state index in [2.05, 4.69) is 39.7 Å². The number of hydrogen-bond donors (Lipinski definition) is 1. The van der Waals surface area contributed by atoms with Gasteiger partial charge < -0.3 is 5.11 Å². The molecule has 4 heteroatoms. The van der Waals surface area contributed by atoms with E-state index in [1.54, 1.807) is 6.20 Å². The summed E-state index contributed by atoms with van der Waals surface area (Å²) in [6.45, 7) is 6.91. The van der Waals surface area contributed by atoms with Crippen molar-refractivity contribution in [3.05, 3.63) is 34.4 Å². The van der Waals surface area contributed by atoms with Crippen molar-refractivity contribution in [3.63, 3.8) is 0 Å². The lowest BCUT2D eigenvalue weighted by Crippen LogP contribution is -2.22. The molecule has 0 radical (unpaired) electrons. The number of halogens is 1. The van der Waals surface area contributed by atoms with Gasteiger partial charge in [0.15, 0.2) is 0 Å². The standard InChI is InChI=1S/C14H17BrN2O/c1-3-17(4-2)9-10-8-12(15)11-6-5-7-16-13(11)14(10)18/h5-8,18H,3-4,9H2,1-2H3. The van der Waals surface area contributed by atoms with Gasteiger partial charge in [0.1, 0.15) is 11.3 Å². The Morgan fingerprint density at radius 1 is 1.33 bits per heavy atom. The number of fused-ring (bicyclic) bond motifs is 1. The number of benzene rings is 1. The van der Waals surface area contributed by atoms with Gasteiger partial charge in [0.05, 0.1) is 0 Å². The minimum Gasteiger partial charge on any atom is -0.505 e. The molecular weight excluding hydrogens is 292 g/mol. The molecule has 0 aliphatic rings. The lowest BCUT2D eigenvalue weighted by molar-refractivity contribution is 0.291. The van der Waals surface area contributed by atoms with E-state index in [4.69, 9.17) is 0 Å². The maximum absolute atomic E-state index is 10.3. The summed E-state index contributed by atoms with van der Waals surface area (Å²) in [5.41, 5.74) is 1.57. The van der Waals surface area contributed by atoms with Gasteiger partial charge in [-0.2, -0.15) is 0 Å². The molecule has 1 aromatic heterocycles. The van der Waals surface area contributed by atoms with Crippen molar-refractivity contribution < 1.29 is 5.11 Å². The average Bonchev–Trinajstić information content (AvgIpc) is 2.41. The third-order valence-corrected chi connectivity index (χ3v) is 3.84. The van der Waals surface area contributed by atoms with Crippen LogP contribution < -0.4 is 0 Å². The van der Waals surface area contributed by atoms with Crippen LogP contribution in [-0.4, -0.2) is 28.1 Å². The van der Waals surface area contributed by atoms with Crippen LogP contribution in [0.25, 0.3) is 10.9 Å². The van der Waals surface area contributed by atoms with Gasteiger partial charge in [0.25, 0.3) is 0 Å². The van der Waals surface area contributed by atoms with Crippen molar-refractivity contribution in [2.45, 2.75) is 20.4 Å². The van der Waals surface area contributed by atoms with E-state index >= 15 is 0 Å². The van der Waals surface area contributed by atoms with Crippen LogP contribution in [0.1, 0.15) is 19.4 Å². The van der Waals surface area contributed by atoms with Crippen LogP contribution in [0, 0.1) is 0 Å². The van der Waals surface area contributed by atoms with Gasteiger partial charge in [0.2, 0.25) is 0 Å². The minimum atomic E-state index is 0.292. The number of nitrogens with zero attached hydrogens (tertiary/aromatic N) is 2. The molecule has 0 amide bonds. The van der Waals surface area contributed by atoms with E-state index in [1.807, 2.05) is 18.2 Å². The van der Waals surface area contributed by atoms with E-state index in [-0.39, 0.29) is 0 Å². The summed E-state index contributed by atoms with van der Waals surface area (Å²) in [7, 11) is 0. The Morgan fingerprint density at radius 2 is 2.06 bits per heavy atom. The molecule has 1 N–H and O–H groups in total. The number of phenols is 1. The highest BCUT2D eigenvalue weighted by molar-refractivity contribution is 9.10. The highest BCUT2D eigenvalue weighted by Crippen LogP contribution is 2.33. The molecule has 0 bridgehead atoms. The van der Waals surface area contributed by atoms with Crippen molar-refractivity contribution in [1.82, 2.24) is 9.88 Å². The number of aromatic hydroxyl groups is 1. The van der Waals surface area contributed by atoms with Gasteiger partial charge in [-0.15, -0.1) is 0 Å². The molecule has 0 fully saturated rings. The second-order valence-electron chi connectivity index (χ2n) is 4.23. The van der Waals surface area contributed by atoms with Gasteiger partial charge in [-0.25, -0.2) is 0 Å². The Kier molecular flexibility index (Phi) is 4.19. The van der Waals surface area contributed by atoms with Crippen molar-refractivity contribution in [3.8, 4) is 5.75 Å². The second kappa shape index (κ2) is 5.67. The van der Waals surface area contributed by atoms with Crippen molar-refractivity contribution >= 4 is 26.8 Å². The summed E-state index contributed by atoms with van der Waals surface area (Å²) < 4.78 is 0.977. The van der Waals surface area contributed by atoms with E-state index in [1.165, 1.54) is 0 Å². The molecule has 1 aromatic carbocycles. The molecular formula is C14H17BrN2O. The molecule has 0 aliphatic heterocycles. The van der Waals surface area contributed by atoms with E-state index in [0.717, 1.165) is 35.1 Å². The van der Waals surface area contributed by atoms with Crippen LogP contribution in [0.15, 0.2) is 28.9 Å². The predicted molar refractivity (Wildman–Crippen MR) is 77.7 cm³/mol. The fourth-order valence-electron chi connectivity index (χ4n) is 2.05. The van der Waals surface area contributed by atoms with Crippen LogP contribution in [0.2, 0.25) is 0 Å². The smallest absolute Gasteiger partial charge is 0.146 e. The Labute approximate surface area is 116 Å². The highest BCUT2D eigenvalue weighted by Gasteiger charge is 2.12. The molecule has 1 heterocycles. The molecule has 96 valence electrons. The molecule has 18 heavy (non-hydrogen) atoms. The molecule has 3 nitrogen and oxygen atoms in total. The third kappa shape index (κ3) is 2.49. The summed E-state index contributed by atoms with van der Waals surface area (Å²) in [5, 5.41) is 11.2. The fourth-order valence-corrected chi connectivity index (χ4v) is 2.64. The largest absolute Gasteiger partial charge is 0.505 e. The minimum absolute atomic E-state index is 0.292. The number of pyridine rings is 1. The summed E-state index contributed by atoms with van der Waals surface area (Å²) in [4.78, 5) is 6.52. The molecule has 0 atom stereocenters. The van der Waals surface area contributed by atoms with Crippen LogP contribution in [0.5, 0.6) is 5.75 Å². The summed E-state index contributed by atoms with van der Waals surface area (Å²) >= 11 is 3.55. The van der Waals surface area contributed by atoms with Crippen LogP contribution in [0.4, 0.5) is 0 Å². The lowest BCUT2D eigenvalue weighted by Gasteiger charge is -2.19. The van der Waals surface area contributed by atoms with E-state index < -0.39 is 0 Å². The molecule has 0 aliphatic carbocycles. The summed E-state index contributed by atoms with van der Waals surface area (Å²) in [6.07, 6.45) is 1.70. The number of hydrogen-bond acceptors (Lipinski definition) is 3. The number of phenolic OH excluding ortho intramolecular Hbond substituents is 1. The Balaban J connectivity index is 2.49. The molecule has 2 rings (SSSR count). The van der Waals surface area contributed by atoms with Crippen LogP contribution in [-0.2, 0) is 6.54 Å². The third-order valence-electron chi connectivity index (χ3n) is 3.18. The first-order valence-electron chi connectivity index (χ1n) is 6.14. The lowest BCUT2D eigenvalue weighted by atomic mass is 10.1. The van der Waals surface area contributed by atoms with Gasteiger partial charge in [-0.1, -0.05) is 35.8 Å². The Hall–Kier alpha value is -1.13. The zero-order valence-electron chi connectivity index (χ0n) is 10.7. The second-order valence-corrected chi connectivity index (χ2v) is 5.08. The molecule has 2 aromatic rings.